The van der Waals surface area contributed by atoms with Gasteiger partial charge in [-0.15, -0.1) is 0 Å². The summed E-state index contributed by atoms with van der Waals surface area (Å²) in [5.74, 6) is -0.637. The van der Waals surface area contributed by atoms with Crippen molar-refractivity contribution >= 4 is 11.8 Å². The number of amides is 2. The van der Waals surface area contributed by atoms with Gasteiger partial charge in [0.2, 0.25) is 0 Å². The third kappa shape index (κ3) is 1.67. The van der Waals surface area contributed by atoms with Crippen molar-refractivity contribution in [3.8, 4) is 0 Å². The van der Waals surface area contributed by atoms with Gasteiger partial charge in [-0.1, -0.05) is 0 Å². The molecule has 0 spiro atoms. The number of ether oxygens (including phenoxy) is 2. The molecule has 4 atom stereocenters. The first-order chi connectivity index (χ1) is 8.51. The molecule has 3 saturated heterocycles. The number of hydrogen-bond donors (Lipinski definition) is 1. The van der Waals surface area contributed by atoms with Crippen LogP contribution >= 0.6 is 0 Å². The van der Waals surface area contributed by atoms with Crippen molar-refractivity contribution in [3.05, 3.63) is 0 Å². The zero-order valence-electron chi connectivity index (χ0n) is 10.3. The van der Waals surface area contributed by atoms with Crippen LogP contribution in [0.5, 0.6) is 0 Å². The van der Waals surface area contributed by atoms with Gasteiger partial charge in [0.25, 0.3) is 11.8 Å². The zero-order chi connectivity index (χ0) is 12.9. The molecule has 0 saturated carbocycles. The summed E-state index contributed by atoms with van der Waals surface area (Å²) in [5, 5.41) is 10.4. The summed E-state index contributed by atoms with van der Waals surface area (Å²) in [6.45, 7) is 2.23. The second-order valence-corrected chi connectivity index (χ2v) is 5.32. The Bertz CT molecular complexity index is 376. The Morgan fingerprint density at radius 3 is 2.44 bits per heavy atom. The Kier molecular flexibility index (Phi) is 2.69. The van der Waals surface area contributed by atoms with Gasteiger partial charge >= 0.3 is 0 Å². The smallest absolute Gasteiger partial charge is 0.258 e. The van der Waals surface area contributed by atoms with E-state index < -0.39 is 17.8 Å². The van der Waals surface area contributed by atoms with Crippen LogP contribution in [0.1, 0.15) is 26.2 Å². The molecule has 6 heteroatoms. The van der Waals surface area contributed by atoms with E-state index in [1.54, 1.807) is 6.92 Å². The number of fused-ring (bicyclic) bond motifs is 2. The van der Waals surface area contributed by atoms with Gasteiger partial charge in [-0.25, -0.2) is 0 Å². The number of morpholine rings is 1. The third-order valence-electron chi connectivity index (χ3n) is 4.19. The molecule has 3 aliphatic rings. The predicted octanol–water partition coefficient (Wildman–Crippen LogP) is -0.557. The van der Waals surface area contributed by atoms with Crippen LogP contribution in [-0.2, 0) is 19.1 Å². The van der Waals surface area contributed by atoms with Gasteiger partial charge in [0.15, 0.2) is 0 Å². The zero-order valence-corrected chi connectivity index (χ0v) is 10.3. The van der Waals surface area contributed by atoms with Crippen molar-refractivity contribution in [2.45, 2.75) is 50.1 Å². The number of imide groups is 1. The van der Waals surface area contributed by atoms with E-state index in [2.05, 4.69) is 0 Å². The van der Waals surface area contributed by atoms with Crippen LogP contribution < -0.4 is 0 Å². The molecule has 4 unspecified atom stereocenters. The first-order valence-electron chi connectivity index (χ1n) is 6.36. The first kappa shape index (κ1) is 12.1. The molecule has 2 amide bonds. The van der Waals surface area contributed by atoms with Crippen LogP contribution in [0, 0.1) is 0 Å². The van der Waals surface area contributed by atoms with Gasteiger partial charge in [-0.2, -0.15) is 0 Å². The van der Waals surface area contributed by atoms with E-state index in [1.165, 1.54) is 0 Å². The number of aliphatic hydroxyl groups is 1. The van der Waals surface area contributed by atoms with Crippen LogP contribution in [0.3, 0.4) is 0 Å². The maximum absolute atomic E-state index is 12.1. The van der Waals surface area contributed by atoms with Crippen LogP contribution in [0.4, 0.5) is 0 Å². The lowest BCUT2D eigenvalue weighted by atomic mass is 9.95. The topological polar surface area (TPSA) is 76.1 Å². The standard InChI is InChI=1S/C12H17NO5/c1-7-12(16,4-5-17-7)6-13-10(14)8-2-3-9(18-8)11(13)15/h7-9,16H,2-6H2,1H3. The molecule has 0 aromatic heterocycles. The number of likely N-dealkylation sites (tertiary alicyclic amines) is 1. The minimum Gasteiger partial charge on any atom is -0.385 e. The molecular weight excluding hydrogens is 238 g/mol. The number of nitrogens with zero attached hydrogens (tertiary/aromatic N) is 1. The quantitative estimate of drug-likeness (QED) is 0.670. The van der Waals surface area contributed by atoms with Crippen molar-refractivity contribution in [3.63, 3.8) is 0 Å². The Balaban J connectivity index is 1.79. The second-order valence-electron chi connectivity index (χ2n) is 5.32. The lowest BCUT2D eigenvalue weighted by Gasteiger charge is -2.36. The average Bonchev–Trinajstić information content (AvgIpc) is 2.91. The molecule has 3 aliphatic heterocycles. The van der Waals surface area contributed by atoms with Crippen LogP contribution in [-0.4, -0.2) is 58.9 Å². The summed E-state index contributed by atoms with van der Waals surface area (Å²) in [6, 6.07) is 0. The molecule has 3 heterocycles. The van der Waals surface area contributed by atoms with Crippen molar-refractivity contribution in [1.82, 2.24) is 4.90 Å². The van der Waals surface area contributed by atoms with Crippen LogP contribution in [0.2, 0.25) is 0 Å². The van der Waals surface area contributed by atoms with E-state index in [0.29, 0.717) is 25.9 Å². The highest BCUT2D eigenvalue weighted by molar-refractivity contribution is 6.02. The summed E-state index contributed by atoms with van der Waals surface area (Å²) >= 11 is 0. The number of hydrogen-bond acceptors (Lipinski definition) is 5. The molecule has 100 valence electrons. The van der Waals surface area contributed by atoms with Crippen LogP contribution in [0.25, 0.3) is 0 Å². The van der Waals surface area contributed by atoms with Crippen molar-refractivity contribution in [1.29, 1.82) is 0 Å². The highest BCUT2D eigenvalue weighted by Crippen LogP contribution is 2.32. The number of carbonyl (C=O) groups excluding carboxylic acids is 2. The Morgan fingerprint density at radius 1 is 1.33 bits per heavy atom. The monoisotopic (exact) mass is 255 g/mol. The molecule has 3 rings (SSSR count). The van der Waals surface area contributed by atoms with Gasteiger partial charge in [-0.3, -0.25) is 14.5 Å². The SMILES string of the molecule is CC1OCCC1(O)CN1C(=O)C2CCC(O2)C1=O. The molecule has 0 aromatic rings. The highest BCUT2D eigenvalue weighted by Gasteiger charge is 2.50. The molecule has 3 fully saturated rings. The lowest BCUT2D eigenvalue weighted by molar-refractivity contribution is -0.173. The van der Waals surface area contributed by atoms with Crippen molar-refractivity contribution in [2.24, 2.45) is 0 Å². The van der Waals surface area contributed by atoms with Crippen molar-refractivity contribution in [2.75, 3.05) is 13.2 Å². The van der Waals surface area contributed by atoms with E-state index in [0.717, 1.165) is 4.90 Å². The van der Waals surface area contributed by atoms with Crippen LogP contribution in [0.15, 0.2) is 0 Å². The fourth-order valence-electron chi connectivity index (χ4n) is 2.86. The Hall–Kier alpha value is -0.980. The molecule has 2 bridgehead atoms. The average molecular weight is 255 g/mol. The minimum atomic E-state index is -1.12. The molecule has 18 heavy (non-hydrogen) atoms. The number of rotatable bonds is 2. The largest absolute Gasteiger partial charge is 0.385 e. The molecular formula is C12H17NO5. The predicted molar refractivity (Wildman–Crippen MR) is 59.6 cm³/mol. The van der Waals surface area contributed by atoms with Gasteiger partial charge in [0.1, 0.15) is 17.8 Å². The van der Waals surface area contributed by atoms with Gasteiger partial charge in [0, 0.05) is 13.0 Å². The number of carbonyl (C=O) groups is 2. The van der Waals surface area contributed by atoms with Gasteiger partial charge in [0.05, 0.1) is 12.6 Å². The first-order valence-corrected chi connectivity index (χ1v) is 6.36. The second kappa shape index (κ2) is 4.01. The molecule has 6 nitrogen and oxygen atoms in total. The Morgan fingerprint density at radius 2 is 1.94 bits per heavy atom. The molecule has 0 radical (unpaired) electrons. The van der Waals surface area contributed by atoms with Crippen molar-refractivity contribution < 1.29 is 24.2 Å². The number of β-amino-alcohol motifs (C(OH)–C–C–N with tert-alkyl or cyclic N) is 1. The van der Waals surface area contributed by atoms with E-state index in [-0.39, 0.29) is 24.5 Å². The van der Waals surface area contributed by atoms with Gasteiger partial charge < -0.3 is 14.6 Å². The fraction of sp³-hybridized carbons (Fsp3) is 0.833. The maximum atomic E-state index is 12.1. The lowest BCUT2D eigenvalue weighted by Crippen LogP contribution is -2.58. The van der Waals surface area contributed by atoms with E-state index in [9.17, 15) is 14.7 Å². The van der Waals surface area contributed by atoms with Gasteiger partial charge in [-0.05, 0) is 19.8 Å². The molecule has 1 N–H and O–H groups in total. The summed E-state index contributed by atoms with van der Waals surface area (Å²) < 4.78 is 10.6. The Labute approximate surface area is 105 Å². The summed E-state index contributed by atoms with van der Waals surface area (Å²) in [5.41, 5.74) is -1.12. The highest BCUT2D eigenvalue weighted by atomic mass is 16.5. The third-order valence-corrected chi connectivity index (χ3v) is 4.19. The summed E-state index contributed by atoms with van der Waals surface area (Å²) in [4.78, 5) is 25.3. The minimum absolute atomic E-state index is 0.0161. The molecule has 0 aliphatic carbocycles. The van der Waals surface area contributed by atoms with E-state index in [1.807, 2.05) is 0 Å². The normalized spacial score (nSPS) is 43.9. The van der Waals surface area contributed by atoms with E-state index >= 15 is 0 Å². The molecule has 0 aromatic carbocycles. The fourth-order valence-corrected chi connectivity index (χ4v) is 2.86. The van der Waals surface area contributed by atoms with E-state index in [4.69, 9.17) is 9.47 Å². The summed E-state index contributed by atoms with van der Waals surface area (Å²) in [7, 11) is 0. The maximum Gasteiger partial charge on any atom is 0.258 e. The summed E-state index contributed by atoms with van der Waals surface area (Å²) in [6.07, 6.45) is 0.259.